The Labute approximate surface area is 139 Å². The second kappa shape index (κ2) is 6.27. The molecule has 2 heterocycles. The first kappa shape index (κ1) is 16.5. The SMILES string of the molecule is Cn1c(CSc2ccc(C(F)(F)F)cn2)nc2ccccc2c1=O. The van der Waals surface area contributed by atoms with Crippen LogP contribution in [0.2, 0.25) is 0 Å². The van der Waals surface area contributed by atoms with Crippen molar-refractivity contribution >= 4 is 22.7 Å². The molecule has 0 aliphatic carbocycles. The number of benzene rings is 1. The number of rotatable bonds is 3. The number of alkyl halides is 3. The molecular formula is C16H12F3N3OS. The van der Waals surface area contributed by atoms with Crippen LogP contribution >= 0.6 is 11.8 Å². The number of fused-ring (bicyclic) bond motifs is 1. The van der Waals surface area contributed by atoms with Crippen molar-refractivity contribution in [3.8, 4) is 0 Å². The Balaban J connectivity index is 1.83. The molecule has 4 nitrogen and oxygen atoms in total. The summed E-state index contributed by atoms with van der Waals surface area (Å²) in [6.07, 6.45) is -3.60. The van der Waals surface area contributed by atoms with E-state index in [1.54, 1.807) is 31.3 Å². The van der Waals surface area contributed by atoms with Crippen molar-refractivity contribution < 1.29 is 13.2 Å². The number of halogens is 3. The lowest BCUT2D eigenvalue weighted by atomic mass is 10.2. The molecule has 0 fully saturated rings. The third-order valence-electron chi connectivity index (χ3n) is 3.49. The van der Waals surface area contributed by atoms with Gasteiger partial charge in [-0.05, 0) is 24.3 Å². The lowest BCUT2D eigenvalue weighted by Gasteiger charge is -2.09. The molecule has 0 spiro atoms. The van der Waals surface area contributed by atoms with Gasteiger partial charge in [0.2, 0.25) is 0 Å². The van der Waals surface area contributed by atoms with E-state index in [2.05, 4.69) is 9.97 Å². The van der Waals surface area contributed by atoms with Crippen LogP contribution in [0.3, 0.4) is 0 Å². The topological polar surface area (TPSA) is 47.8 Å². The molecule has 0 aliphatic heterocycles. The highest BCUT2D eigenvalue weighted by Gasteiger charge is 2.30. The van der Waals surface area contributed by atoms with Crippen molar-refractivity contribution in [3.05, 3.63) is 64.3 Å². The van der Waals surface area contributed by atoms with Crippen LogP contribution in [0, 0.1) is 0 Å². The van der Waals surface area contributed by atoms with Gasteiger partial charge in [0, 0.05) is 13.2 Å². The Hall–Kier alpha value is -2.35. The second-order valence-electron chi connectivity index (χ2n) is 5.08. The first-order valence-electron chi connectivity index (χ1n) is 6.97. The molecule has 0 atom stereocenters. The minimum absolute atomic E-state index is 0.156. The minimum Gasteiger partial charge on any atom is -0.299 e. The maximum atomic E-state index is 12.5. The summed E-state index contributed by atoms with van der Waals surface area (Å²) in [5, 5.41) is 0.965. The molecule has 0 unspecified atom stereocenters. The quantitative estimate of drug-likeness (QED) is 0.676. The first-order chi connectivity index (χ1) is 11.4. The highest BCUT2D eigenvalue weighted by molar-refractivity contribution is 7.98. The van der Waals surface area contributed by atoms with Crippen LogP contribution in [0.25, 0.3) is 10.9 Å². The predicted molar refractivity (Wildman–Crippen MR) is 85.8 cm³/mol. The van der Waals surface area contributed by atoms with Crippen LogP contribution in [0.1, 0.15) is 11.4 Å². The van der Waals surface area contributed by atoms with Gasteiger partial charge in [0.25, 0.3) is 5.56 Å². The maximum absolute atomic E-state index is 12.5. The molecule has 2 aromatic heterocycles. The molecular weight excluding hydrogens is 339 g/mol. The van der Waals surface area contributed by atoms with Crippen molar-refractivity contribution in [3.63, 3.8) is 0 Å². The lowest BCUT2D eigenvalue weighted by Crippen LogP contribution is -2.21. The summed E-state index contributed by atoms with van der Waals surface area (Å²) in [5.74, 6) is 0.861. The van der Waals surface area contributed by atoms with Crippen LogP contribution in [-0.4, -0.2) is 14.5 Å². The van der Waals surface area contributed by atoms with Crippen molar-refractivity contribution in [2.75, 3.05) is 0 Å². The molecule has 3 rings (SSSR count). The Morgan fingerprint density at radius 2 is 1.92 bits per heavy atom. The van der Waals surface area contributed by atoms with Gasteiger partial charge < -0.3 is 0 Å². The lowest BCUT2D eigenvalue weighted by molar-refractivity contribution is -0.137. The van der Waals surface area contributed by atoms with Gasteiger partial charge in [0.05, 0.1) is 27.2 Å². The number of pyridine rings is 1. The van der Waals surface area contributed by atoms with E-state index in [-0.39, 0.29) is 5.56 Å². The average Bonchev–Trinajstić information content (AvgIpc) is 2.56. The van der Waals surface area contributed by atoms with Crippen LogP contribution in [0.5, 0.6) is 0 Å². The summed E-state index contributed by atoms with van der Waals surface area (Å²) in [4.78, 5) is 20.5. The normalized spacial score (nSPS) is 11.8. The van der Waals surface area contributed by atoms with Gasteiger partial charge >= 0.3 is 6.18 Å². The van der Waals surface area contributed by atoms with Gasteiger partial charge in [0.15, 0.2) is 0 Å². The van der Waals surface area contributed by atoms with E-state index in [9.17, 15) is 18.0 Å². The number of para-hydroxylation sites is 1. The minimum atomic E-state index is -4.40. The highest BCUT2D eigenvalue weighted by atomic mass is 32.2. The molecule has 0 N–H and O–H groups in total. The standard InChI is InChI=1S/C16H12F3N3OS/c1-22-13(21-12-5-3-2-4-11(12)15(22)23)9-24-14-7-6-10(8-20-14)16(17,18)19/h2-8H,9H2,1H3. The zero-order valence-corrected chi connectivity index (χ0v) is 13.4. The van der Waals surface area contributed by atoms with Gasteiger partial charge in [0.1, 0.15) is 5.82 Å². The molecule has 0 aliphatic rings. The largest absolute Gasteiger partial charge is 0.417 e. The highest BCUT2D eigenvalue weighted by Crippen LogP contribution is 2.30. The molecule has 124 valence electrons. The fourth-order valence-electron chi connectivity index (χ4n) is 2.16. The number of nitrogens with zero attached hydrogens (tertiary/aromatic N) is 3. The molecule has 0 amide bonds. The monoisotopic (exact) mass is 351 g/mol. The summed E-state index contributed by atoms with van der Waals surface area (Å²) in [6.45, 7) is 0. The van der Waals surface area contributed by atoms with E-state index in [1.165, 1.54) is 22.4 Å². The fourth-order valence-corrected chi connectivity index (χ4v) is 2.99. The maximum Gasteiger partial charge on any atom is 0.417 e. The van der Waals surface area contributed by atoms with Crippen molar-refractivity contribution in [2.24, 2.45) is 7.05 Å². The van der Waals surface area contributed by atoms with Crippen molar-refractivity contribution in [1.82, 2.24) is 14.5 Å². The number of thioether (sulfide) groups is 1. The Morgan fingerprint density at radius 1 is 1.17 bits per heavy atom. The van der Waals surface area contributed by atoms with Gasteiger partial charge in [-0.3, -0.25) is 9.36 Å². The Bertz CT molecular complexity index is 936. The van der Waals surface area contributed by atoms with E-state index in [0.717, 1.165) is 12.3 Å². The van der Waals surface area contributed by atoms with Gasteiger partial charge in [-0.15, -0.1) is 0 Å². The summed E-state index contributed by atoms with van der Waals surface area (Å²) in [7, 11) is 1.62. The van der Waals surface area contributed by atoms with Crippen LogP contribution in [0.15, 0.2) is 52.4 Å². The summed E-state index contributed by atoms with van der Waals surface area (Å²) in [6, 6.07) is 9.32. The smallest absolute Gasteiger partial charge is 0.299 e. The van der Waals surface area contributed by atoms with Crippen molar-refractivity contribution in [1.29, 1.82) is 0 Å². The first-order valence-corrected chi connectivity index (χ1v) is 7.95. The molecule has 1 aromatic carbocycles. The fraction of sp³-hybridized carbons (Fsp3) is 0.188. The zero-order valence-electron chi connectivity index (χ0n) is 12.5. The molecule has 0 saturated carbocycles. The molecule has 24 heavy (non-hydrogen) atoms. The molecule has 8 heteroatoms. The summed E-state index contributed by atoms with van der Waals surface area (Å²) >= 11 is 1.22. The van der Waals surface area contributed by atoms with Gasteiger partial charge in [-0.25, -0.2) is 9.97 Å². The molecule has 0 radical (unpaired) electrons. The average molecular weight is 351 g/mol. The summed E-state index contributed by atoms with van der Waals surface area (Å²) < 4.78 is 39.0. The third kappa shape index (κ3) is 3.28. The van der Waals surface area contributed by atoms with Crippen LogP contribution < -0.4 is 5.56 Å². The van der Waals surface area contributed by atoms with Gasteiger partial charge in [-0.1, -0.05) is 23.9 Å². The van der Waals surface area contributed by atoms with E-state index in [0.29, 0.717) is 27.5 Å². The predicted octanol–water partition coefficient (Wildman–Crippen LogP) is 3.64. The van der Waals surface area contributed by atoms with E-state index < -0.39 is 11.7 Å². The van der Waals surface area contributed by atoms with E-state index >= 15 is 0 Å². The molecule has 0 saturated heterocycles. The zero-order chi connectivity index (χ0) is 17.3. The Morgan fingerprint density at radius 3 is 2.58 bits per heavy atom. The van der Waals surface area contributed by atoms with E-state index in [1.807, 2.05) is 0 Å². The van der Waals surface area contributed by atoms with E-state index in [4.69, 9.17) is 0 Å². The second-order valence-corrected chi connectivity index (χ2v) is 6.08. The third-order valence-corrected chi connectivity index (χ3v) is 4.43. The molecule has 0 bridgehead atoms. The van der Waals surface area contributed by atoms with Crippen LogP contribution in [0.4, 0.5) is 13.2 Å². The number of hydrogen-bond donors (Lipinski definition) is 0. The van der Waals surface area contributed by atoms with Crippen LogP contribution in [-0.2, 0) is 19.0 Å². The van der Waals surface area contributed by atoms with Gasteiger partial charge in [-0.2, -0.15) is 13.2 Å². The number of aromatic nitrogens is 3. The molecule has 3 aromatic rings. The summed E-state index contributed by atoms with van der Waals surface area (Å²) in [5.41, 5.74) is -0.351. The number of hydrogen-bond acceptors (Lipinski definition) is 4. The Kier molecular flexibility index (Phi) is 4.31. The van der Waals surface area contributed by atoms with Crippen molar-refractivity contribution in [2.45, 2.75) is 17.0 Å².